The number of aromatic nitrogens is 2. The molecule has 1 N–H and O–H groups in total. The van der Waals surface area contributed by atoms with Gasteiger partial charge in [-0.2, -0.15) is 0 Å². The summed E-state index contributed by atoms with van der Waals surface area (Å²) in [5, 5.41) is 2.76. The second kappa shape index (κ2) is 7.39. The van der Waals surface area contributed by atoms with Crippen LogP contribution >= 0.6 is 0 Å². The summed E-state index contributed by atoms with van der Waals surface area (Å²) in [4.78, 5) is 29.2. The van der Waals surface area contributed by atoms with Crippen molar-refractivity contribution in [3.05, 3.63) is 75.8 Å². The summed E-state index contributed by atoms with van der Waals surface area (Å²) in [7, 11) is 0. The van der Waals surface area contributed by atoms with E-state index in [4.69, 9.17) is 4.74 Å². The molecule has 0 radical (unpaired) electrons. The van der Waals surface area contributed by atoms with Crippen molar-refractivity contribution in [3.63, 3.8) is 0 Å². The lowest BCUT2D eigenvalue weighted by Gasteiger charge is -2.10. The molecule has 26 heavy (non-hydrogen) atoms. The van der Waals surface area contributed by atoms with E-state index in [1.165, 1.54) is 10.6 Å². The number of amides is 1. The molecule has 1 aromatic carbocycles. The summed E-state index contributed by atoms with van der Waals surface area (Å²) in [6.07, 6.45) is 3.05. The molecule has 6 nitrogen and oxygen atoms in total. The second-order valence-corrected chi connectivity index (χ2v) is 6.36. The second-order valence-electron chi connectivity index (χ2n) is 6.36. The van der Waals surface area contributed by atoms with Gasteiger partial charge in [-0.25, -0.2) is 4.98 Å². The highest BCUT2D eigenvalue weighted by Gasteiger charge is 2.13. The van der Waals surface area contributed by atoms with E-state index in [0.29, 0.717) is 12.2 Å². The van der Waals surface area contributed by atoms with E-state index in [1.54, 1.807) is 12.3 Å². The van der Waals surface area contributed by atoms with Crippen molar-refractivity contribution < 1.29 is 9.53 Å². The molecular weight excluding hydrogens is 330 g/mol. The standard InChI is InChI=1S/C20H21N3O3/c1-13(2)26-16-8-6-15(7-9-16)11-22-19(24)17-12-21-18-14(3)5-4-10-23(18)20(17)25/h4-10,12-13H,11H2,1-3H3,(H,22,24). The Hall–Kier alpha value is -3.15. The summed E-state index contributed by atoms with van der Waals surface area (Å²) in [5.41, 5.74) is 1.99. The number of nitrogens with zero attached hydrogens (tertiary/aromatic N) is 2. The fourth-order valence-electron chi connectivity index (χ4n) is 2.64. The third-order valence-electron chi connectivity index (χ3n) is 3.92. The Balaban J connectivity index is 1.73. The number of nitrogens with one attached hydrogen (secondary N) is 1. The molecule has 3 rings (SSSR count). The predicted molar refractivity (Wildman–Crippen MR) is 99.6 cm³/mol. The van der Waals surface area contributed by atoms with Gasteiger partial charge in [0, 0.05) is 18.9 Å². The molecule has 0 saturated carbocycles. The SMILES string of the molecule is Cc1cccn2c(=O)c(C(=O)NCc3ccc(OC(C)C)cc3)cnc12. The van der Waals surface area contributed by atoms with E-state index in [-0.39, 0.29) is 17.2 Å². The number of benzene rings is 1. The van der Waals surface area contributed by atoms with Gasteiger partial charge in [-0.05, 0) is 50.1 Å². The lowest BCUT2D eigenvalue weighted by atomic mass is 10.2. The van der Waals surface area contributed by atoms with E-state index in [0.717, 1.165) is 16.9 Å². The number of carbonyl (C=O) groups excluding carboxylic acids is 1. The first-order valence-corrected chi connectivity index (χ1v) is 8.46. The zero-order valence-corrected chi connectivity index (χ0v) is 15.0. The summed E-state index contributed by atoms with van der Waals surface area (Å²) in [6.45, 7) is 6.11. The van der Waals surface area contributed by atoms with Gasteiger partial charge in [0.2, 0.25) is 0 Å². The monoisotopic (exact) mass is 351 g/mol. The molecule has 0 fully saturated rings. The Morgan fingerprint density at radius 2 is 1.96 bits per heavy atom. The average molecular weight is 351 g/mol. The number of aryl methyl sites for hydroxylation is 1. The molecular formula is C20H21N3O3. The van der Waals surface area contributed by atoms with Crippen LogP contribution in [0.5, 0.6) is 5.75 Å². The largest absolute Gasteiger partial charge is 0.491 e. The fourth-order valence-corrected chi connectivity index (χ4v) is 2.64. The van der Waals surface area contributed by atoms with Crippen LogP contribution in [0.3, 0.4) is 0 Å². The quantitative estimate of drug-likeness (QED) is 0.767. The van der Waals surface area contributed by atoms with Gasteiger partial charge < -0.3 is 10.1 Å². The molecule has 3 aromatic rings. The minimum Gasteiger partial charge on any atom is -0.491 e. The number of rotatable bonds is 5. The normalized spacial score (nSPS) is 10.9. The van der Waals surface area contributed by atoms with Crippen molar-refractivity contribution in [1.29, 1.82) is 0 Å². The van der Waals surface area contributed by atoms with Crippen LogP contribution in [0.4, 0.5) is 0 Å². The van der Waals surface area contributed by atoms with Crippen LogP contribution in [0.25, 0.3) is 5.65 Å². The Morgan fingerprint density at radius 1 is 1.23 bits per heavy atom. The highest BCUT2D eigenvalue weighted by atomic mass is 16.5. The summed E-state index contributed by atoms with van der Waals surface area (Å²) in [5.74, 6) is 0.336. The van der Waals surface area contributed by atoms with E-state index >= 15 is 0 Å². The van der Waals surface area contributed by atoms with Crippen molar-refractivity contribution in [2.75, 3.05) is 0 Å². The third-order valence-corrected chi connectivity index (χ3v) is 3.92. The van der Waals surface area contributed by atoms with Crippen molar-refractivity contribution in [2.24, 2.45) is 0 Å². The van der Waals surface area contributed by atoms with Gasteiger partial charge in [-0.1, -0.05) is 18.2 Å². The molecule has 0 saturated heterocycles. The van der Waals surface area contributed by atoms with Crippen LogP contribution in [0.1, 0.15) is 35.3 Å². The lowest BCUT2D eigenvalue weighted by Crippen LogP contribution is -2.31. The minimum atomic E-state index is -0.444. The molecule has 0 unspecified atom stereocenters. The topological polar surface area (TPSA) is 72.7 Å². The number of hydrogen-bond acceptors (Lipinski definition) is 4. The van der Waals surface area contributed by atoms with Crippen LogP contribution in [-0.2, 0) is 6.54 Å². The van der Waals surface area contributed by atoms with Crippen LogP contribution in [0.15, 0.2) is 53.6 Å². The first kappa shape index (κ1) is 17.7. The summed E-state index contributed by atoms with van der Waals surface area (Å²) in [6, 6.07) is 11.1. The molecule has 6 heteroatoms. The molecule has 0 aliphatic heterocycles. The van der Waals surface area contributed by atoms with Gasteiger partial charge in [-0.15, -0.1) is 0 Å². The van der Waals surface area contributed by atoms with Gasteiger partial charge in [0.25, 0.3) is 11.5 Å². The van der Waals surface area contributed by atoms with Crippen LogP contribution in [-0.4, -0.2) is 21.4 Å². The zero-order chi connectivity index (χ0) is 18.7. The minimum absolute atomic E-state index is 0.0212. The zero-order valence-electron chi connectivity index (χ0n) is 15.0. The highest BCUT2D eigenvalue weighted by Crippen LogP contribution is 2.13. The Labute approximate surface area is 151 Å². The Morgan fingerprint density at radius 3 is 2.65 bits per heavy atom. The maximum Gasteiger partial charge on any atom is 0.270 e. The van der Waals surface area contributed by atoms with Crippen LogP contribution < -0.4 is 15.6 Å². The molecule has 0 atom stereocenters. The average Bonchev–Trinajstić information content (AvgIpc) is 2.61. The highest BCUT2D eigenvalue weighted by molar-refractivity contribution is 5.93. The van der Waals surface area contributed by atoms with Crippen molar-refractivity contribution in [1.82, 2.24) is 14.7 Å². The molecule has 1 amide bonds. The maximum absolute atomic E-state index is 12.5. The molecule has 134 valence electrons. The molecule has 2 heterocycles. The van der Waals surface area contributed by atoms with Gasteiger partial charge >= 0.3 is 0 Å². The molecule has 0 bridgehead atoms. The molecule has 0 spiro atoms. The van der Waals surface area contributed by atoms with E-state index < -0.39 is 5.91 Å². The first-order valence-electron chi connectivity index (χ1n) is 8.46. The van der Waals surface area contributed by atoms with Crippen molar-refractivity contribution in [3.8, 4) is 5.75 Å². The molecule has 0 aliphatic carbocycles. The van der Waals surface area contributed by atoms with Crippen molar-refractivity contribution in [2.45, 2.75) is 33.4 Å². The van der Waals surface area contributed by atoms with Crippen molar-refractivity contribution >= 4 is 11.6 Å². The van der Waals surface area contributed by atoms with E-state index in [2.05, 4.69) is 10.3 Å². The number of fused-ring (bicyclic) bond motifs is 1. The molecule has 0 aliphatic rings. The smallest absolute Gasteiger partial charge is 0.270 e. The van der Waals surface area contributed by atoms with Crippen LogP contribution in [0.2, 0.25) is 0 Å². The van der Waals surface area contributed by atoms with Gasteiger partial charge in [-0.3, -0.25) is 14.0 Å². The predicted octanol–water partition coefficient (Wildman–Crippen LogP) is 2.72. The Kier molecular flexibility index (Phi) is 5.02. The van der Waals surface area contributed by atoms with Gasteiger partial charge in [0.15, 0.2) is 0 Å². The number of ether oxygens (including phenoxy) is 1. The van der Waals surface area contributed by atoms with E-state index in [1.807, 2.05) is 51.1 Å². The van der Waals surface area contributed by atoms with E-state index in [9.17, 15) is 9.59 Å². The van der Waals surface area contributed by atoms with Gasteiger partial charge in [0.05, 0.1) is 6.10 Å². The summed E-state index contributed by atoms with van der Waals surface area (Å²) >= 11 is 0. The number of carbonyl (C=O) groups is 1. The third kappa shape index (κ3) is 3.74. The fraction of sp³-hybridized carbons (Fsp3) is 0.250. The molecule has 2 aromatic heterocycles. The summed E-state index contributed by atoms with van der Waals surface area (Å²) < 4.78 is 6.98. The Bertz CT molecular complexity index is 991. The first-order chi connectivity index (χ1) is 12.5. The number of hydrogen-bond donors (Lipinski definition) is 1. The van der Waals surface area contributed by atoms with Crippen LogP contribution in [0, 0.1) is 6.92 Å². The van der Waals surface area contributed by atoms with Gasteiger partial charge in [0.1, 0.15) is 17.0 Å². The number of pyridine rings is 1. The maximum atomic E-state index is 12.5. The lowest BCUT2D eigenvalue weighted by molar-refractivity contribution is 0.0949.